The van der Waals surface area contributed by atoms with Crippen LogP contribution in [0.3, 0.4) is 0 Å². The van der Waals surface area contributed by atoms with Crippen LogP contribution in [0.2, 0.25) is 0 Å². The minimum atomic E-state index is 0.0129. The number of aryl methyl sites for hydroxylation is 3. The molecule has 6 nitrogen and oxygen atoms in total. The summed E-state index contributed by atoms with van der Waals surface area (Å²) in [6, 6.07) is 4.20. The molecule has 0 aromatic carbocycles. The van der Waals surface area contributed by atoms with Gasteiger partial charge in [0.05, 0.1) is 11.9 Å². The lowest BCUT2D eigenvalue weighted by atomic mass is 9.97. The number of H-pyrrole nitrogens is 1. The van der Waals surface area contributed by atoms with Gasteiger partial charge in [0.15, 0.2) is 0 Å². The average molecular weight is 457 g/mol. The summed E-state index contributed by atoms with van der Waals surface area (Å²) in [7, 11) is 0. The molecule has 0 radical (unpaired) electrons. The summed E-state index contributed by atoms with van der Waals surface area (Å²) in [5.41, 5.74) is 1.25. The third kappa shape index (κ3) is 4.61. The summed E-state index contributed by atoms with van der Waals surface area (Å²) in [6.45, 7) is 3.77. The number of amides is 1. The SMILES string of the molecule is O=C(CCCc1cccs1)N1CCN(Cc2nc3sc4c(c3c(=O)[nH]2)CCCC4)CC1. The molecule has 5 rings (SSSR count). The molecule has 1 N–H and O–H groups in total. The minimum Gasteiger partial charge on any atom is -0.340 e. The van der Waals surface area contributed by atoms with Crippen molar-refractivity contribution in [1.82, 2.24) is 19.8 Å². The summed E-state index contributed by atoms with van der Waals surface area (Å²) < 4.78 is 0. The summed E-state index contributed by atoms with van der Waals surface area (Å²) in [6.07, 6.45) is 6.97. The first-order valence-corrected chi connectivity index (χ1v) is 12.9. The lowest BCUT2D eigenvalue weighted by Gasteiger charge is -2.34. The summed E-state index contributed by atoms with van der Waals surface area (Å²) in [4.78, 5) is 41.0. The quantitative estimate of drug-likeness (QED) is 0.615. The van der Waals surface area contributed by atoms with Crippen LogP contribution in [0.4, 0.5) is 0 Å². The van der Waals surface area contributed by atoms with Gasteiger partial charge in [0.25, 0.3) is 5.56 Å². The van der Waals surface area contributed by atoms with Gasteiger partial charge >= 0.3 is 0 Å². The number of hydrogen-bond donors (Lipinski definition) is 1. The van der Waals surface area contributed by atoms with E-state index in [1.165, 1.54) is 21.7 Å². The first kappa shape index (κ1) is 20.8. The van der Waals surface area contributed by atoms with E-state index in [1.807, 2.05) is 4.90 Å². The molecule has 2 aliphatic rings. The Hall–Kier alpha value is -2.03. The van der Waals surface area contributed by atoms with Crippen molar-refractivity contribution in [3.8, 4) is 0 Å². The number of carbonyl (C=O) groups excluding carboxylic acids is 1. The number of piperazine rings is 1. The fourth-order valence-electron chi connectivity index (χ4n) is 4.68. The first-order valence-electron chi connectivity index (χ1n) is 11.2. The van der Waals surface area contributed by atoms with Gasteiger partial charge in [-0.2, -0.15) is 0 Å². The van der Waals surface area contributed by atoms with Crippen LogP contribution in [0.15, 0.2) is 22.3 Å². The Kier molecular flexibility index (Phi) is 6.20. The van der Waals surface area contributed by atoms with Gasteiger partial charge in [0, 0.05) is 42.4 Å². The topological polar surface area (TPSA) is 69.3 Å². The van der Waals surface area contributed by atoms with Crippen molar-refractivity contribution >= 4 is 38.8 Å². The second-order valence-corrected chi connectivity index (χ2v) is 10.6. The molecule has 164 valence electrons. The van der Waals surface area contributed by atoms with Crippen molar-refractivity contribution in [2.75, 3.05) is 26.2 Å². The van der Waals surface area contributed by atoms with Crippen LogP contribution in [-0.2, 0) is 30.6 Å². The monoisotopic (exact) mass is 456 g/mol. The molecular formula is C23H28N4O2S2. The third-order valence-corrected chi connectivity index (χ3v) is 8.49. The molecule has 0 atom stereocenters. The van der Waals surface area contributed by atoms with E-state index in [2.05, 4.69) is 27.4 Å². The van der Waals surface area contributed by atoms with E-state index in [0.29, 0.717) is 13.0 Å². The second-order valence-electron chi connectivity index (χ2n) is 8.49. The molecule has 8 heteroatoms. The smallest absolute Gasteiger partial charge is 0.259 e. The maximum absolute atomic E-state index is 12.7. The summed E-state index contributed by atoms with van der Waals surface area (Å²) in [5.74, 6) is 1.00. The fraction of sp³-hybridized carbons (Fsp3) is 0.522. The molecule has 0 unspecified atom stereocenters. The Bertz CT molecular complexity index is 1110. The van der Waals surface area contributed by atoms with Crippen LogP contribution in [-0.4, -0.2) is 51.9 Å². The zero-order chi connectivity index (χ0) is 21.2. The molecule has 1 amide bonds. The van der Waals surface area contributed by atoms with Crippen LogP contribution in [0.1, 0.15) is 46.8 Å². The molecular weight excluding hydrogens is 428 g/mol. The zero-order valence-corrected chi connectivity index (χ0v) is 19.3. The molecule has 3 aromatic heterocycles. The van der Waals surface area contributed by atoms with Crippen LogP contribution < -0.4 is 5.56 Å². The van der Waals surface area contributed by atoms with Crippen LogP contribution in [0.5, 0.6) is 0 Å². The number of fused-ring (bicyclic) bond motifs is 3. The van der Waals surface area contributed by atoms with Crippen molar-refractivity contribution < 1.29 is 4.79 Å². The Morgan fingerprint density at radius 2 is 2.00 bits per heavy atom. The van der Waals surface area contributed by atoms with Crippen LogP contribution >= 0.6 is 22.7 Å². The molecule has 1 aliphatic carbocycles. The van der Waals surface area contributed by atoms with Gasteiger partial charge in [0.2, 0.25) is 5.91 Å². The maximum atomic E-state index is 12.7. The number of rotatable bonds is 6. The fourth-order valence-corrected chi connectivity index (χ4v) is 6.71. The van der Waals surface area contributed by atoms with Crippen molar-refractivity contribution in [2.24, 2.45) is 0 Å². The van der Waals surface area contributed by atoms with E-state index < -0.39 is 0 Å². The first-order chi connectivity index (χ1) is 15.2. The number of thiophene rings is 2. The van der Waals surface area contributed by atoms with Gasteiger partial charge in [-0.05, 0) is 55.5 Å². The van der Waals surface area contributed by atoms with Crippen LogP contribution in [0.25, 0.3) is 10.2 Å². The zero-order valence-electron chi connectivity index (χ0n) is 17.7. The predicted octanol–water partition coefficient (Wildman–Crippen LogP) is 3.59. The van der Waals surface area contributed by atoms with E-state index in [4.69, 9.17) is 4.98 Å². The Labute approximate surface area is 189 Å². The highest BCUT2D eigenvalue weighted by Gasteiger charge is 2.23. The maximum Gasteiger partial charge on any atom is 0.259 e. The molecule has 1 aliphatic heterocycles. The number of nitrogens with zero attached hydrogens (tertiary/aromatic N) is 3. The number of hydrogen-bond acceptors (Lipinski definition) is 6. The van der Waals surface area contributed by atoms with Gasteiger partial charge in [-0.25, -0.2) is 4.98 Å². The summed E-state index contributed by atoms with van der Waals surface area (Å²) in [5, 5.41) is 2.91. The number of carbonyl (C=O) groups is 1. The van der Waals surface area contributed by atoms with Gasteiger partial charge < -0.3 is 9.88 Å². The third-order valence-electron chi connectivity index (χ3n) is 6.37. The predicted molar refractivity (Wildman–Crippen MR) is 126 cm³/mol. The molecule has 1 fully saturated rings. The Morgan fingerprint density at radius 1 is 1.16 bits per heavy atom. The number of aromatic nitrogens is 2. The number of aromatic amines is 1. The van der Waals surface area contributed by atoms with Crippen LogP contribution in [0, 0.1) is 0 Å². The summed E-state index contributed by atoms with van der Waals surface area (Å²) >= 11 is 3.46. The normalized spacial score (nSPS) is 17.2. The molecule has 3 aromatic rings. The van der Waals surface area contributed by atoms with Gasteiger partial charge in [-0.3, -0.25) is 14.5 Å². The highest BCUT2D eigenvalue weighted by Crippen LogP contribution is 2.33. The Balaban J connectivity index is 1.15. The largest absolute Gasteiger partial charge is 0.340 e. The van der Waals surface area contributed by atoms with E-state index in [9.17, 15) is 9.59 Å². The second kappa shape index (κ2) is 9.22. The van der Waals surface area contributed by atoms with E-state index in [0.717, 1.165) is 74.3 Å². The molecule has 0 spiro atoms. The minimum absolute atomic E-state index is 0.0129. The molecule has 4 heterocycles. The highest BCUT2D eigenvalue weighted by molar-refractivity contribution is 7.18. The average Bonchev–Trinajstić information content (AvgIpc) is 3.41. The molecule has 1 saturated heterocycles. The van der Waals surface area contributed by atoms with E-state index >= 15 is 0 Å². The van der Waals surface area contributed by atoms with Gasteiger partial charge in [-0.1, -0.05) is 6.07 Å². The number of nitrogens with one attached hydrogen (secondary N) is 1. The van der Waals surface area contributed by atoms with E-state index in [-0.39, 0.29) is 11.5 Å². The Morgan fingerprint density at radius 3 is 2.81 bits per heavy atom. The van der Waals surface area contributed by atoms with Gasteiger partial charge in [0.1, 0.15) is 10.7 Å². The highest BCUT2D eigenvalue weighted by atomic mass is 32.1. The van der Waals surface area contributed by atoms with Crippen molar-refractivity contribution in [2.45, 2.75) is 51.5 Å². The standard InChI is InChI=1S/C23H28N4O2S2/c28-20(9-3-5-16-6-4-14-30-16)27-12-10-26(11-13-27)15-19-24-22(29)21-17-7-1-2-8-18(17)31-23(21)25-19/h4,6,14H,1-3,5,7-13,15H2,(H,24,25,29). The van der Waals surface area contributed by atoms with Gasteiger partial charge in [-0.15, -0.1) is 22.7 Å². The van der Waals surface area contributed by atoms with E-state index in [1.54, 1.807) is 22.7 Å². The molecule has 31 heavy (non-hydrogen) atoms. The lowest BCUT2D eigenvalue weighted by molar-refractivity contribution is -0.133. The van der Waals surface area contributed by atoms with Crippen molar-refractivity contribution in [3.63, 3.8) is 0 Å². The molecule has 0 saturated carbocycles. The van der Waals surface area contributed by atoms with Crippen molar-refractivity contribution in [1.29, 1.82) is 0 Å². The lowest BCUT2D eigenvalue weighted by Crippen LogP contribution is -2.48. The van der Waals surface area contributed by atoms with Crippen molar-refractivity contribution in [3.05, 3.63) is 49.0 Å². The molecule has 0 bridgehead atoms.